The summed E-state index contributed by atoms with van der Waals surface area (Å²) in [5.41, 5.74) is 0. The van der Waals surface area contributed by atoms with E-state index in [0.29, 0.717) is 0 Å². The Bertz CT molecular complexity index is 337. The first-order chi connectivity index (χ1) is 8.02. The molecule has 1 N–H and O–H groups in total. The summed E-state index contributed by atoms with van der Waals surface area (Å²) >= 11 is 0. The summed E-state index contributed by atoms with van der Waals surface area (Å²) in [6.07, 6.45) is -2.92. The number of Topliss-reactive ketones (excluding diaryl/α,β-unsaturated/α-hetero) is 1. The van der Waals surface area contributed by atoms with Crippen LogP contribution in [0.3, 0.4) is 0 Å². The van der Waals surface area contributed by atoms with Gasteiger partial charge in [-0.25, -0.2) is 8.78 Å². The number of rotatable bonds is 1. The number of ketones is 1. The van der Waals surface area contributed by atoms with Gasteiger partial charge in [-0.15, -0.1) is 0 Å². The van der Waals surface area contributed by atoms with Crippen LogP contribution in [0.25, 0.3) is 0 Å². The predicted molar refractivity (Wildman–Crippen MR) is 54.9 cm³/mol. The van der Waals surface area contributed by atoms with Crippen LogP contribution in [-0.4, -0.2) is 43.3 Å². The molecular weight excluding hydrogens is 232 g/mol. The minimum absolute atomic E-state index is 0.0464. The third kappa shape index (κ3) is 2.31. The van der Waals surface area contributed by atoms with Gasteiger partial charge < -0.3 is 4.74 Å². The lowest BCUT2D eigenvalue weighted by molar-refractivity contribution is -0.149. The van der Waals surface area contributed by atoms with Crippen molar-refractivity contribution in [3.05, 3.63) is 0 Å². The zero-order valence-corrected chi connectivity index (χ0v) is 9.49. The average Bonchev–Trinajstić information content (AvgIpc) is 2.29. The smallest absolute Gasteiger partial charge is 0.323 e. The van der Waals surface area contributed by atoms with E-state index in [-0.39, 0.29) is 25.0 Å². The number of esters is 1. The van der Waals surface area contributed by atoms with Crippen LogP contribution in [0.15, 0.2) is 0 Å². The minimum Gasteiger partial charge on any atom is -0.468 e. The highest BCUT2D eigenvalue weighted by Crippen LogP contribution is 2.33. The normalized spacial score (nSPS) is 41.8. The van der Waals surface area contributed by atoms with E-state index in [1.54, 1.807) is 0 Å². The molecular formula is C11H15F2NO3. The van der Waals surface area contributed by atoms with E-state index in [0.717, 1.165) is 0 Å². The molecule has 4 nitrogen and oxygen atoms in total. The first-order valence-corrected chi connectivity index (χ1v) is 5.67. The van der Waals surface area contributed by atoms with E-state index in [1.165, 1.54) is 7.11 Å². The van der Waals surface area contributed by atoms with Crippen LogP contribution in [0.4, 0.5) is 8.78 Å². The van der Waals surface area contributed by atoms with Crippen molar-refractivity contribution in [2.24, 2.45) is 5.92 Å². The molecule has 96 valence electrons. The Hall–Kier alpha value is -1.04. The van der Waals surface area contributed by atoms with E-state index in [1.807, 2.05) is 0 Å². The highest BCUT2D eigenvalue weighted by molar-refractivity contribution is 5.90. The fraction of sp³-hybridized carbons (Fsp3) is 0.818. The van der Waals surface area contributed by atoms with E-state index >= 15 is 0 Å². The van der Waals surface area contributed by atoms with Gasteiger partial charge in [0.1, 0.15) is 24.2 Å². The minimum atomic E-state index is -1.43. The van der Waals surface area contributed by atoms with Gasteiger partial charge >= 0.3 is 5.97 Å². The topological polar surface area (TPSA) is 55.4 Å². The molecule has 2 aliphatic rings. The summed E-state index contributed by atoms with van der Waals surface area (Å²) in [6.45, 7) is 0. The molecule has 0 bridgehead atoms. The maximum atomic E-state index is 13.7. The molecule has 0 radical (unpaired) electrons. The number of carbonyl (C=O) groups is 2. The Kier molecular flexibility index (Phi) is 3.42. The van der Waals surface area contributed by atoms with Crippen molar-refractivity contribution in [3.63, 3.8) is 0 Å². The lowest BCUT2D eigenvalue weighted by Crippen LogP contribution is -2.61. The first kappa shape index (κ1) is 12.4. The van der Waals surface area contributed by atoms with E-state index in [4.69, 9.17) is 0 Å². The molecule has 17 heavy (non-hydrogen) atoms. The third-order valence-corrected chi connectivity index (χ3v) is 3.51. The molecule has 1 heterocycles. The summed E-state index contributed by atoms with van der Waals surface area (Å²) < 4.78 is 31.4. The van der Waals surface area contributed by atoms with Crippen molar-refractivity contribution in [1.29, 1.82) is 0 Å². The molecule has 5 unspecified atom stereocenters. The van der Waals surface area contributed by atoms with Gasteiger partial charge in [0, 0.05) is 24.8 Å². The number of ether oxygens (including phenoxy) is 1. The maximum absolute atomic E-state index is 13.7. The van der Waals surface area contributed by atoms with Gasteiger partial charge in [-0.05, 0) is 6.42 Å². The SMILES string of the molecule is COC(=O)C1CC(=O)C2CC(F)CC(F)C2N1. The van der Waals surface area contributed by atoms with Gasteiger partial charge in [0.25, 0.3) is 0 Å². The van der Waals surface area contributed by atoms with Crippen molar-refractivity contribution in [3.8, 4) is 0 Å². The van der Waals surface area contributed by atoms with Crippen molar-refractivity contribution >= 4 is 11.8 Å². The number of methoxy groups -OCH3 is 1. The Balaban J connectivity index is 2.12. The quantitative estimate of drug-likeness (QED) is 0.687. The summed E-state index contributed by atoms with van der Waals surface area (Å²) in [5.74, 6) is -1.49. The largest absolute Gasteiger partial charge is 0.468 e. The van der Waals surface area contributed by atoms with E-state index in [2.05, 4.69) is 10.1 Å². The fourth-order valence-electron chi connectivity index (χ4n) is 2.65. The molecule has 5 atom stereocenters. The van der Waals surface area contributed by atoms with Crippen molar-refractivity contribution in [1.82, 2.24) is 5.32 Å². The molecule has 2 rings (SSSR count). The predicted octanol–water partition coefficient (Wildman–Crippen LogP) is 0.545. The second-order valence-corrected chi connectivity index (χ2v) is 4.63. The molecule has 0 aromatic carbocycles. The standard InChI is InChI=1S/C11H15F2NO3/c1-17-11(16)8-4-9(15)6-2-5(12)3-7(13)10(6)14-8/h5-8,10,14H,2-4H2,1H3. The Morgan fingerprint density at radius 2 is 2.12 bits per heavy atom. The summed E-state index contributed by atoms with van der Waals surface area (Å²) in [7, 11) is 1.21. The first-order valence-electron chi connectivity index (χ1n) is 5.67. The maximum Gasteiger partial charge on any atom is 0.323 e. The van der Waals surface area contributed by atoms with Crippen LogP contribution in [0.5, 0.6) is 0 Å². The Morgan fingerprint density at radius 3 is 2.76 bits per heavy atom. The third-order valence-electron chi connectivity index (χ3n) is 3.51. The van der Waals surface area contributed by atoms with Crippen molar-refractivity contribution in [2.75, 3.05) is 7.11 Å². The van der Waals surface area contributed by atoms with Crippen LogP contribution < -0.4 is 5.32 Å². The lowest BCUT2D eigenvalue weighted by Gasteiger charge is -2.41. The zero-order valence-electron chi connectivity index (χ0n) is 9.49. The fourth-order valence-corrected chi connectivity index (χ4v) is 2.65. The van der Waals surface area contributed by atoms with Gasteiger partial charge in [0.15, 0.2) is 0 Å². The van der Waals surface area contributed by atoms with Crippen LogP contribution in [0.2, 0.25) is 0 Å². The number of alkyl halides is 2. The number of carbonyl (C=O) groups excluding carboxylic acids is 2. The molecule has 0 aromatic heterocycles. The van der Waals surface area contributed by atoms with Crippen LogP contribution in [0.1, 0.15) is 19.3 Å². The molecule has 0 amide bonds. The number of hydrogen-bond acceptors (Lipinski definition) is 4. The van der Waals surface area contributed by atoms with Crippen molar-refractivity contribution < 1.29 is 23.1 Å². The molecule has 6 heteroatoms. The number of hydrogen-bond donors (Lipinski definition) is 1. The van der Waals surface area contributed by atoms with E-state index in [9.17, 15) is 18.4 Å². The number of piperidine rings is 1. The number of fused-ring (bicyclic) bond motifs is 1. The summed E-state index contributed by atoms with van der Waals surface area (Å²) in [5, 5.41) is 2.77. The zero-order chi connectivity index (χ0) is 12.6. The van der Waals surface area contributed by atoms with Crippen LogP contribution in [-0.2, 0) is 14.3 Å². The van der Waals surface area contributed by atoms with Gasteiger partial charge in [-0.1, -0.05) is 0 Å². The molecule has 1 saturated carbocycles. The molecule has 1 aliphatic heterocycles. The molecule has 0 aromatic rings. The highest BCUT2D eigenvalue weighted by atomic mass is 19.1. The lowest BCUT2D eigenvalue weighted by atomic mass is 9.75. The molecule has 0 spiro atoms. The van der Waals surface area contributed by atoms with Crippen molar-refractivity contribution in [2.45, 2.75) is 43.7 Å². The Morgan fingerprint density at radius 1 is 1.41 bits per heavy atom. The number of halogens is 2. The monoisotopic (exact) mass is 247 g/mol. The van der Waals surface area contributed by atoms with Crippen LogP contribution >= 0.6 is 0 Å². The Labute approximate surface area is 97.7 Å². The second kappa shape index (κ2) is 4.68. The average molecular weight is 247 g/mol. The highest BCUT2D eigenvalue weighted by Gasteiger charge is 2.47. The molecule has 2 fully saturated rings. The van der Waals surface area contributed by atoms with E-state index < -0.39 is 36.3 Å². The van der Waals surface area contributed by atoms with Gasteiger partial charge in [-0.3, -0.25) is 14.9 Å². The summed E-state index contributed by atoms with van der Waals surface area (Å²) in [4.78, 5) is 23.1. The van der Waals surface area contributed by atoms with Gasteiger partial charge in [-0.2, -0.15) is 0 Å². The molecule has 1 aliphatic carbocycles. The summed E-state index contributed by atoms with van der Waals surface area (Å²) in [6, 6.07) is -1.56. The van der Waals surface area contributed by atoms with Gasteiger partial charge in [0.2, 0.25) is 0 Å². The molecule has 1 saturated heterocycles. The van der Waals surface area contributed by atoms with Gasteiger partial charge in [0.05, 0.1) is 7.11 Å². The number of nitrogens with one attached hydrogen (secondary N) is 1. The van der Waals surface area contributed by atoms with Crippen LogP contribution in [0, 0.1) is 5.92 Å². The second-order valence-electron chi connectivity index (χ2n) is 4.63.